The first kappa shape index (κ1) is 20.6. The van der Waals surface area contributed by atoms with Gasteiger partial charge in [-0.1, -0.05) is 11.6 Å². The van der Waals surface area contributed by atoms with E-state index in [1.54, 1.807) is 30.3 Å². The van der Waals surface area contributed by atoms with Crippen molar-refractivity contribution in [3.63, 3.8) is 0 Å². The highest BCUT2D eigenvalue weighted by Crippen LogP contribution is 2.33. The third kappa shape index (κ3) is 4.75. The normalized spacial score (nSPS) is 13.6. The molecule has 1 aliphatic heterocycles. The smallest absolute Gasteiger partial charge is 0.281 e. The van der Waals surface area contributed by atoms with Crippen molar-refractivity contribution in [1.82, 2.24) is 5.43 Å². The zero-order valence-corrected chi connectivity index (χ0v) is 17.2. The van der Waals surface area contributed by atoms with Gasteiger partial charge >= 0.3 is 0 Å². The van der Waals surface area contributed by atoms with Gasteiger partial charge in [-0.05, 0) is 61.4 Å². The highest BCUT2D eigenvalue weighted by molar-refractivity contribution is 6.30. The zero-order chi connectivity index (χ0) is 21.8. The molecule has 8 nitrogen and oxygen atoms in total. The minimum Gasteiger partial charge on any atom is -0.455 e. The maximum Gasteiger partial charge on any atom is 0.281 e. The lowest BCUT2D eigenvalue weighted by Gasteiger charge is -2.17. The summed E-state index contributed by atoms with van der Waals surface area (Å²) >= 11 is 5.85. The van der Waals surface area contributed by atoms with Crippen molar-refractivity contribution < 1.29 is 14.1 Å². The minimum atomic E-state index is -0.521. The summed E-state index contributed by atoms with van der Waals surface area (Å²) in [5.41, 5.74) is 4.20. The van der Waals surface area contributed by atoms with Crippen molar-refractivity contribution >= 4 is 35.1 Å². The predicted octanol–water partition coefficient (Wildman–Crippen LogP) is 4.87. The van der Waals surface area contributed by atoms with Crippen LogP contribution >= 0.6 is 11.6 Å². The summed E-state index contributed by atoms with van der Waals surface area (Å²) < 4.78 is 5.61. The molecule has 1 aromatic heterocycles. The summed E-state index contributed by atoms with van der Waals surface area (Å²) in [6.45, 7) is 2.08. The van der Waals surface area contributed by atoms with Gasteiger partial charge < -0.3 is 9.32 Å². The standard InChI is InChI=1S/C22H19ClN4O4/c23-16-5-9-19(20(13-16)27(29)30)21-10-8-18(31-21)14-24-25-22(28)15-3-6-17(7-4-15)26-11-1-2-12-26/h3-10,13-14H,1-2,11-12H2,(H,25,28)/b24-14-. The fourth-order valence-electron chi connectivity index (χ4n) is 3.45. The number of hydrogen-bond acceptors (Lipinski definition) is 6. The van der Waals surface area contributed by atoms with Gasteiger partial charge in [0.15, 0.2) is 0 Å². The summed E-state index contributed by atoms with van der Waals surface area (Å²) in [4.78, 5) is 25.3. The number of carbonyl (C=O) groups is 1. The summed E-state index contributed by atoms with van der Waals surface area (Å²) in [7, 11) is 0. The quantitative estimate of drug-likeness (QED) is 0.336. The Labute approximate surface area is 183 Å². The summed E-state index contributed by atoms with van der Waals surface area (Å²) in [6.07, 6.45) is 3.72. The molecule has 0 radical (unpaired) electrons. The number of hydrazone groups is 1. The maximum atomic E-state index is 12.3. The van der Waals surface area contributed by atoms with E-state index in [0.29, 0.717) is 22.6 Å². The molecule has 1 aliphatic rings. The molecule has 0 atom stereocenters. The lowest BCUT2D eigenvalue weighted by molar-refractivity contribution is -0.384. The number of nitrogens with one attached hydrogen (secondary N) is 1. The topological polar surface area (TPSA) is 101 Å². The highest BCUT2D eigenvalue weighted by atomic mass is 35.5. The van der Waals surface area contributed by atoms with E-state index in [1.807, 2.05) is 12.1 Å². The van der Waals surface area contributed by atoms with E-state index < -0.39 is 4.92 Å². The summed E-state index contributed by atoms with van der Waals surface area (Å²) in [5.74, 6) is 0.293. The van der Waals surface area contributed by atoms with E-state index in [9.17, 15) is 14.9 Å². The Morgan fingerprint density at radius 2 is 1.87 bits per heavy atom. The molecule has 1 N–H and O–H groups in total. The molecule has 0 aliphatic carbocycles. The van der Waals surface area contributed by atoms with E-state index >= 15 is 0 Å². The number of benzene rings is 2. The number of amides is 1. The molecule has 0 bridgehead atoms. The van der Waals surface area contributed by atoms with Crippen molar-refractivity contribution in [3.05, 3.63) is 81.1 Å². The first-order valence-corrected chi connectivity index (χ1v) is 10.1. The maximum absolute atomic E-state index is 12.3. The number of nitro groups is 1. The molecule has 158 valence electrons. The fourth-order valence-corrected chi connectivity index (χ4v) is 3.62. The molecule has 0 saturated carbocycles. The molecule has 2 heterocycles. The van der Waals surface area contributed by atoms with Gasteiger partial charge in [0, 0.05) is 35.4 Å². The minimum absolute atomic E-state index is 0.156. The number of rotatable bonds is 6. The molecule has 1 saturated heterocycles. The van der Waals surface area contributed by atoms with Gasteiger partial charge in [0.1, 0.15) is 11.5 Å². The van der Waals surface area contributed by atoms with Crippen LogP contribution in [0.5, 0.6) is 0 Å². The van der Waals surface area contributed by atoms with Crippen molar-refractivity contribution in [2.45, 2.75) is 12.8 Å². The Hall–Kier alpha value is -3.65. The number of carbonyl (C=O) groups excluding carboxylic acids is 1. The van der Waals surface area contributed by atoms with Gasteiger partial charge in [-0.2, -0.15) is 5.10 Å². The lowest BCUT2D eigenvalue weighted by Crippen LogP contribution is -2.19. The second-order valence-electron chi connectivity index (χ2n) is 7.06. The van der Waals surface area contributed by atoms with Crippen LogP contribution in [-0.4, -0.2) is 30.1 Å². The van der Waals surface area contributed by atoms with E-state index in [4.69, 9.17) is 16.0 Å². The fraction of sp³-hybridized carbons (Fsp3) is 0.182. The SMILES string of the molecule is O=C(N/N=C\c1ccc(-c2ccc(Cl)cc2[N+](=O)[O-])o1)c1ccc(N2CCCC2)cc1. The first-order valence-electron chi connectivity index (χ1n) is 9.74. The Balaban J connectivity index is 1.40. The molecule has 3 aromatic rings. The van der Waals surface area contributed by atoms with Crippen LogP contribution in [0.2, 0.25) is 5.02 Å². The van der Waals surface area contributed by atoms with Crippen LogP contribution in [0.15, 0.2) is 64.1 Å². The van der Waals surface area contributed by atoms with Crippen molar-refractivity contribution in [3.8, 4) is 11.3 Å². The molecule has 4 rings (SSSR count). The number of hydrogen-bond donors (Lipinski definition) is 1. The molecular formula is C22H19ClN4O4. The Bertz CT molecular complexity index is 1130. The molecule has 31 heavy (non-hydrogen) atoms. The van der Waals surface area contributed by atoms with Gasteiger partial charge in [-0.3, -0.25) is 14.9 Å². The third-order valence-electron chi connectivity index (χ3n) is 5.01. The summed E-state index contributed by atoms with van der Waals surface area (Å²) in [5, 5.41) is 15.4. The molecule has 2 aromatic carbocycles. The van der Waals surface area contributed by atoms with Gasteiger partial charge in [-0.25, -0.2) is 5.43 Å². The Morgan fingerprint density at radius 1 is 1.13 bits per heavy atom. The van der Waals surface area contributed by atoms with E-state index in [0.717, 1.165) is 18.8 Å². The van der Waals surface area contributed by atoms with Crippen LogP contribution in [-0.2, 0) is 0 Å². The number of nitrogens with zero attached hydrogens (tertiary/aromatic N) is 3. The number of nitro benzene ring substituents is 1. The predicted molar refractivity (Wildman–Crippen MR) is 119 cm³/mol. The lowest BCUT2D eigenvalue weighted by atomic mass is 10.1. The molecule has 0 unspecified atom stereocenters. The number of anilines is 1. The van der Waals surface area contributed by atoms with Crippen molar-refractivity contribution in [2.75, 3.05) is 18.0 Å². The van der Waals surface area contributed by atoms with Gasteiger partial charge in [0.25, 0.3) is 11.6 Å². The largest absolute Gasteiger partial charge is 0.455 e. The Morgan fingerprint density at radius 3 is 2.58 bits per heavy atom. The molecule has 1 amide bonds. The Kier molecular flexibility index (Phi) is 5.99. The average Bonchev–Trinajstić information content (AvgIpc) is 3.46. The zero-order valence-electron chi connectivity index (χ0n) is 16.5. The van der Waals surface area contributed by atoms with Crippen LogP contribution < -0.4 is 10.3 Å². The molecular weight excluding hydrogens is 420 g/mol. The van der Waals surface area contributed by atoms with Crippen LogP contribution in [0.4, 0.5) is 11.4 Å². The second-order valence-corrected chi connectivity index (χ2v) is 7.50. The molecule has 0 spiro atoms. The highest BCUT2D eigenvalue weighted by Gasteiger charge is 2.18. The van der Waals surface area contributed by atoms with Crippen LogP contribution in [0.25, 0.3) is 11.3 Å². The summed E-state index contributed by atoms with van der Waals surface area (Å²) in [6, 6.07) is 14.9. The van der Waals surface area contributed by atoms with E-state index in [2.05, 4.69) is 15.4 Å². The van der Waals surface area contributed by atoms with Gasteiger partial charge in [0.05, 0.1) is 16.7 Å². The van der Waals surface area contributed by atoms with Crippen LogP contribution in [0, 0.1) is 10.1 Å². The van der Waals surface area contributed by atoms with Crippen molar-refractivity contribution in [2.24, 2.45) is 5.10 Å². The second kappa shape index (κ2) is 9.01. The van der Waals surface area contributed by atoms with Crippen LogP contribution in [0.1, 0.15) is 29.0 Å². The van der Waals surface area contributed by atoms with E-state index in [-0.39, 0.29) is 16.6 Å². The van der Waals surface area contributed by atoms with Gasteiger partial charge in [0.2, 0.25) is 0 Å². The van der Waals surface area contributed by atoms with Crippen molar-refractivity contribution in [1.29, 1.82) is 0 Å². The first-order chi connectivity index (χ1) is 15.0. The third-order valence-corrected chi connectivity index (χ3v) is 5.24. The number of halogens is 1. The molecule has 9 heteroatoms. The van der Waals surface area contributed by atoms with E-state index in [1.165, 1.54) is 31.2 Å². The number of furan rings is 1. The van der Waals surface area contributed by atoms with Crippen LogP contribution in [0.3, 0.4) is 0 Å². The van der Waals surface area contributed by atoms with Gasteiger partial charge in [-0.15, -0.1) is 0 Å². The average molecular weight is 439 g/mol. The molecule has 1 fully saturated rings. The monoisotopic (exact) mass is 438 g/mol.